The van der Waals surface area contributed by atoms with Crippen LogP contribution >= 0.6 is 0 Å². The minimum Gasteiger partial charge on any atom is -0.466 e. The lowest BCUT2D eigenvalue weighted by molar-refractivity contribution is 0.129. The van der Waals surface area contributed by atoms with E-state index in [1.54, 1.807) is 0 Å². The Hall–Kier alpha value is -0.800. The topological polar surface area (TPSA) is 59.4 Å². The van der Waals surface area contributed by atoms with Crippen molar-refractivity contribution in [1.82, 2.24) is 0 Å². The highest BCUT2D eigenvalue weighted by Gasteiger charge is 2.40. The summed E-state index contributed by atoms with van der Waals surface area (Å²) in [6.07, 6.45) is 1.92. The zero-order valence-electron chi connectivity index (χ0n) is 8.71. The van der Waals surface area contributed by atoms with E-state index in [9.17, 15) is 5.11 Å². The van der Waals surface area contributed by atoms with Crippen molar-refractivity contribution in [1.29, 1.82) is 0 Å². The quantitative estimate of drug-likeness (QED) is 0.710. The Morgan fingerprint density at radius 2 is 2.43 bits per heavy atom. The summed E-state index contributed by atoms with van der Waals surface area (Å²) in [5.74, 6) is 2.14. The molecule has 1 heterocycles. The van der Waals surface area contributed by atoms with Gasteiger partial charge in [0.25, 0.3) is 0 Å². The Morgan fingerprint density at radius 1 is 1.71 bits per heavy atom. The third-order valence-corrected chi connectivity index (χ3v) is 3.38. The molecule has 14 heavy (non-hydrogen) atoms. The second-order valence-electron chi connectivity index (χ2n) is 4.33. The largest absolute Gasteiger partial charge is 0.466 e. The van der Waals surface area contributed by atoms with E-state index in [1.165, 1.54) is 0 Å². The summed E-state index contributed by atoms with van der Waals surface area (Å²) in [7, 11) is 0. The average Bonchev–Trinajstić information content (AvgIpc) is 2.54. The molecule has 78 valence electrons. The van der Waals surface area contributed by atoms with Gasteiger partial charge in [-0.3, -0.25) is 0 Å². The summed E-state index contributed by atoms with van der Waals surface area (Å²) < 4.78 is 5.56. The van der Waals surface area contributed by atoms with Gasteiger partial charge in [0, 0.05) is 12.0 Å². The summed E-state index contributed by atoms with van der Waals surface area (Å²) >= 11 is 0. The zero-order valence-corrected chi connectivity index (χ0v) is 8.71. The van der Waals surface area contributed by atoms with Crippen LogP contribution in [0.25, 0.3) is 0 Å². The average molecular weight is 195 g/mol. The van der Waals surface area contributed by atoms with E-state index in [0.29, 0.717) is 5.92 Å². The van der Waals surface area contributed by atoms with Crippen molar-refractivity contribution >= 4 is 0 Å². The molecule has 3 N–H and O–H groups in total. The first-order valence-corrected chi connectivity index (χ1v) is 5.07. The smallest absolute Gasteiger partial charge is 0.109 e. The highest BCUT2D eigenvalue weighted by Crippen LogP contribution is 2.38. The highest BCUT2D eigenvalue weighted by molar-refractivity contribution is 5.33. The van der Waals surface area contributed by atoms with Crippen LogP contribution in [0.3, 0.4) is 0 Å². The van der Waals surface area contributed by atoms with Gasteiger partial charge in [-0.15, -0.1) is 0 Å². The van der Waals surface area contributed by atoms with Gasteiger partial charge in [-0.1, -0.05) is 6.92 Å². The number of rotatable bonds is 1. The van der Waals surface area contributed by atoms with Crippen molar-refractivity contribution in [2.24, 2.45) is 11.7 Å². The lowest BCUT2D eigenvalue weighted by Gasteiger charge is -2.37. The Bertz CT molecular complexity index is 345. The minimum absolute atomic E-state index is 0.0137. The standard InChI is InChI=1S/C11H17NO2/c1-7-3-4-10-9(5-8(2)14-10)11(7,12)6-13/h5,7,13H,3-4,6,12H2,1-2H3. The molecule has 0 aromatic carbocycles. The summed E-state index contributed by atoms with van der Waals surface area (Å²) in [5.41, 5.74) is 6.61. The molecule has 2 unspecified atom stereocenters. The monoisotopic (exact) mass is 195 g/mol. The summed E-state index contributed by atoms with van der Waals surface area (Å²) in [6.45, 7) is 3.99. The van der Waals surface area contributed by atoms with Crippen LogP contribution in [0.4, 0.5) is 0 Å². The SMILES string of the molecule is Cc1cc2c(o1)CCC(C)C2(N)CO. The van der Waals surface area contributed by atoms with Gasteiger partial charge in [0.15, 0.2) is 0 Å². The normalized spacial score (nSPS) is 31.6. The maximum absolute atomic E-state index is 9.41. The van der Waals surface area contributed by atoms with E-state index in [4.69, 9.17) is 10.2 Å². The lowest BCUT2D eigenvalue weighted by Crippen LogP contribution is -2.48. The number of nitrogens with two attached hydrogens (primary N) is 1. The highest BCUT2D eigenvalue weighted by atomic mass is 16.3. The van der Waals surface area contributed by atoms with Crippen LogP contribution in [0.2, 0.25) is 0 Å². The molecule has 0 spiro atoms. The number of hydrogen-bond donors (Lipinski definition) is 2. The van der Waals surface area contributed by atoms with E-state index in [1.807, 2.05) is 13.0 Å². The van der Waals surface area contributed by atoms with Gasteiger partial charge in [0.1, 0.15) is 11.5 Å². The van der Waals surface area contributed by atoms with Gasteiger partial charge in [-0.2, -0.15) is 0 Å². The van der Waals surface area contributed by atoms with Crippen molar-refractivity contribution in [3.63, 3.8) is 0 Å². The maximum atomic E-state index is 9.41. The molecule has 0 bridgehead atoms. The van der Waals surface area contributed by atoms with Crippen molar-refractivity contribution in [2.75, 3.05) is 6.61 Å². The minimum atomic E-state index is -0.606. The lowest BCUT2D eigenvalue weighted by atomic mass is 9.73. The molecular formula is C11H17NO2. The summed E-state index contributed by atoms with van der Waals surface area (Å²) in [5, 5.41) is 9.41. The van der Waals surface area contributed by atoms with Crippen LogP contribution in [-0.2, 0) is 12.0 Å². The van der Waals surface area contributed by atoms with Crippen molar-refractivity contribution in [2.45, 2.75) is 32.2 Å². The van der Waals surface area contributed by atoms with E-state index >= 15 is 0 Å². The molecule has 1 aliphatic carbocycles. The third kappa shape index (κ3) is 1.20. The molecule has 3 nitrogen and oxygen atoms in total. The molecule has 0 saturated carbocycles. The summed E-state index contributed by atoms with van der Waals surface area (Å²) in [6, 6.07) is 1.96. The number of fused-ring (bicyclic) bond motifs is 1. The first-order chi connectivity index (χ1) is 6.58. The third-order valence-electron chi connectivity index (χ3n) is 3.38. The Balaban J connectivity index is 2.51. The van der Waals surface area contributed by atoms with Crippen molar-refractivity contribution < 1.29 is 9.52 Å². The molecule has 2 rings (SSSR count). The molecule has 0 fully saturated rings. The Kier molecular flexibility index (Phi) is 2.16. The first-order valence-electron chi connectivity index (χ1n) is 5.07. The van der Waals surface area contributed by atoms with E-state index in [-0.39, 0.29) is 6.61 Å². The fourth-order valence-electron chi connectivity index (χ4n) is 2.25. The van der Waals surface area contributed by atoms with Gasteiger partial charge in [-0.05, 0) is 25.3 Å². The first kappa shape index (κ1) is 9.74. The van der Waals surface area contributed by atoms with E-state index in [0.717, 1.165) is 29.9 Å². The van der Waals surface area contributed by atoms with Crippen LogP contribution in [-0.4, -0.2) is 11.7 Å². The molecule has 3 heteroatoms. The Morgan fingerprint density at radius 3 is 3.07 bits per heavy atom. The fourth-order valence-corrected chi connectivity index (χ4v) is 2.25. The molecule has 2 atom stereocenters. The van der Waals surface area contributed by atoms with Crippen LogP contribution in [0.15, 0.2) is 10.5 Å². The second-order valence-corrected chi connectivity index (χ2v) is 4.33. The predicted molar refractivity (Wildman–Crippen MR) is 53.9 cm³/mol. The molecular weight excluding hydrogens is 178 g/mol. The number of aliphatic hydroxyl groups is 1. The van der Waals surface area contributed by atoms with Crippen molar-refractivity contribution in [3.05, 3.63) is 23.2 Å². The van der Waals surface area contributed by atoms with Crippen LogP contribution < -0.4 is 5.73 Å². The molecule has 1 aromatic heterocycles. The summed E-state index contributed by atoms with van der Waals surface area (Å²) in [4.78, 5) is 0. The molecule has 1 aliphatic rings. The van der Waals surface area contributed by atoms with Gasteiger partial charge in [0.2, 0.25) is 0 Å². The maximum Gasteiger partial charge on any atom is 0.109 e. The van der Waals surface area contributed by atoms with Gasteiger partial charge >= 0.3 is 0 Å². The van der Waals surface area contributed by atoms with E-state index < -0.39 is 5.54 Å². The van der Waals surface area contributed by atoms with Gasteiger partial charge in [0.05, 0.1) is 12.1 Å². The number of aliphatic hydroxyl groups excluding tert-OH is 1. The second kappa shape index (κ2) is 3.11. The number of aryl methyl sites for hydroxylation is 2. The number of furan rings is 1. The molecule has 0 radical (unpaired) electrons. The fraction of sp³-hybridized carbons (Fsp3) is 0.636. The molecule has 1 aromatic rings. The van der Waals surface area contributed by atoms with Gasteiger partial charge in [-0.25, -0.2) is 0 Å². The van der Waals surface area contributed by atoms with Gasteiger partial charge < -0.3 is 15.3 Å². The number of hydrogen-bond acceptors (Lipinski definition) is 3. The van der Waals surface area contributed by atoms with Crippen molar-refractivity contribution in [3.8, 4) is 0 Å². The molecule has 0 aliphatic heterocycles. The van der Waals surface area contributed by atoms with Crippen LogP contribution in [0.1, 0.15) is 30.4 Å². The van der Waals surface area contributed by atoms with E-state index in [2.05, 4.69) is 6.92 Å². The Labute approximate surface area is 83.9 Å². The zero-order chi connectivity index (χ0) is 10.3. The van der Waals surface area contributed by atoms with Crippen LogP contribution in [0.5, 0.6) is 0 Å². The molecule has 0 amide bonds. The predicted octanol–water partition coefficient (Wildman–Crippen LogP) is 1.32. The molecule has 0 saturated heterocycles. The van der Waals surface area contributed by atoms with Crippen LogP contribution in [0, 0.1) is 12.8 Å².